The Morgan fingerprint density at radius 2 is 2.23 bits per heavy atom. The number of benzene rings is 1. The molecule has 0 unspecified atom stereocenters. The lowest BCUT2D eigenvalue weighted by Gasteiger charge is -2.03. The van der Waals surface area contributed by atoms with Crippen LogP contribution in [-0.2, 0) is 0 Å². The molecule has 0 radical (unpaired) electrons. The van der Waals surface area contributed by atoms with E-state index in [1.54, 1.807) is 0 Å². The SMILES string of the molecule is Nc1ccc(O)cc1C(=O)CC[NH3+]. The van der Waals surface area contributed by atoms with E-state index < -0.39 is 0 Å². The first-order valence-corrected chi connectivity index (χ1v) is 4.06. The van der Waals surface area contributed by atoms with Crippen LogP contribution in [0.2, 0.25) is 0 Å². The van der Waals surface area contributed by atoms with E-state index in [1.807, 2.05) is 0 Å². The van der Waals surface area contributed by atoms with Crippen molar-refractivity contribution in [2.24, 2.45) is 0 Å². The zero-order chi connectivity index (χ0) is 9.84. The number of carbonyl (C=O) groups excluding carboxylic acids is 1. The van der Waals surface area contributed by atoms with Crippen LogP contribution in [0.5, 0.6) is 5.75 Å². The highest BCUT2D eigenvalue weighted by molar-refractivity contribution is 6.01. The molecule has 0 heterocycles. The Labute approximate surface area is 76.2 Å². The van der Waals surface area contributed by atoms with Gasteiger partial charge in [0.05, 0.1) is 13.0 Å². The molecule has 0 aliphatic heterocycles. The molecule has 0 saturated carbocycles. The number of phenolic OH excluding ortho intramolecular Hbond substituents is 1. The number of Topliss-reactive ketones (excluding diaryl/α,β-unsaturated/α-hetero) is 1. The number of quaternary nitrogens is 1. The van der Waals surface area contributed by atoms with Crippen molar-refractivity contribution in [3.05, 3.63) is 23.8 Å². The number of anilines is 1. The molecule has 1 aromatic carbocycles. The molecule has 4 nitrogen and oxygen atoms in total. The predicted octanol–water partition coefficient (Wildman–Crippen LogP) is -0.211. The molecule has 0 aromatic heterocycles. The molecule has 0 fully saturated rings. The van der Waals surface area contributed by atoms with Crippen molar-refractivity contribution < 1.29 is 15.6 Å². The van der Waals surface area contributed by atoms with Gasteiger partial charge in [-0.3, -0.25) is 4.79 Å². The zero-order valence-electron chi connectivity index (χ0n) is 7.29. The molecule has 0 aliphatic rings. The average molecular weight is 181 g/mol. The molecule has 0 amide bonds. The van der Waals surface area contributed by atoms with Crippen molar-refractivity contribution >= 4 is 11.5 Å². The molecule has 0 saturated heterocycles. The standard InChI is InChI=1S/C9H12N2O2/c10-4-3-9(13)7-5-6(12)1-2-8(7)11/h1-2,5,12H,3-4,10-11H2/p+1. The molecular weight excluding hydrogens is 168 g/mol. The molecule has 0 spiro atoms. The van der Waals surface area contributed by atoms with E-state index in [1.165, 1.54) is 18.2 Å². The molecule has 6 N–H and O–H groups in total. The molecule has 0 bridgehead atoms. The van der Waals surface area contributed by atoms with Gasteiger partial charge < -0.3 is 16.6 Å². The molecule has 1 rings (SSSR count). The number of rotatable bonds is 3. The van der Waals surface area contributed by atoms with Gasteiger partial charge in [0.25, 0.3) is 0 Å². The quantitative estimate of drug-likeness (QED) is 0.342. The van der Waals surface area contributed by atoms with Gasteiger partial charge in [-0.15, -0.1) is 0 Å². The van der Waals surface area contributed by atoms with Gasteiger partial charge in [0.15, 0.2) is 5.78 Å². The summed E-state index contributed by atoms with van der Waals surface area (Å²) in [6.45, 7) is 0.536. The highest BCUT2D eigenvalue weighted by Gasteiger charge is 2.09. The monoisotopic (exact) mass is 181 g/mol. The van der Waals surface area contributed by atoms with Crippen molar-refractivity contribution in [1.29, 1.82) is 0 Å². The fraction of sp³-hybridized carbons (Fsp3) is 0.222. The van der Waals surface area contributed by atoms with Gasteiger partial charge in [0.1, 0.15) is 5.75 Å². The van der Waals surface area contributed by atoms with E-state index in [2.05, 4.69) is 5.73 Å². The smallest absolute Gasteiger partial charge is 0.170 e. The van der Waals surface area contributed by atoms with E-state index in [-0.39, 0.29) is 11.5 Å². The molecule has 13 heavy (non-hydrogen) atoms. The largest absolute Gasteiger partial charge is 0.508 e. The Hall–Kier alpha value is -1.55. The highest BCUT2D eigenvalue weighted by atomic mass is 16.3. The summed E-state index contributed by atoms with van der Waals surface area (Å²) in [5.41, 5.74) is 9.93. The topological polar surface area (TPSA) is 91.0 Å². The second-order valence-electron chi connectivity index (χ2n) is 2.80. The van der Waals surface area contributed by atoms with Gasteiger partial charge in [0, 0.05) is 11.3 Å². The number of nitrogens with two attached hydrogens (primary N) is 1. The number of phenols is 1. The number of aromatic hydroxyl groups is 1. The van der Waals surface area contributed by atoms with Crippen LogP contribution >= 0.6 is 0 Å². The second-order valence-corrected chi connectivity index (χ2v) is 2.80. The molecular formula is C9H13N2O2+. The highest BCUT2D eigenvalue weighted by Crippen LogP contribution is 2.19. The number of hydrogen-bond donors (Lipinski definition) is 3. The van der Waals surface area contributed by atoms with Crippen LogP contribution in [0.25, 0.3) is 0 Å². The third kappa shape index (κ3) is 2.19. The van der Waals surface area contributed by atoms with Crippen molar-refractivity contribution in [3.8, 4) is 5.75 Å². The summed E-state index contributed by atoms with van der Waals surface area (Å²) >= 11 is 0. The van der Waals surface area contributed by atoms with Crippen LogP contribution in [0.4, 0.5) is 5.69 Å². The summed E-state index contributed by atoms with van der Waals surface area (Å²) in [4.78, 5) is 11.4. The Kier molecular flexibility index (Phi) is 2.87. The molecule has 0 atom stereocenters. The van der Waals surface area contributed by atoms with Crippen LogP contribution < -0.4 is 11.5 Å². The first-order valence-electron chi connectivity index (χ1n) is 4.06. The van der Waals surface area contributed by atoms with E-state index in [9.17, 15) is 4.79 Å². The first-order chi connectivity index (χ1) is 6.15. The van der Waals surface area contributed by atoms with Crippen LogP contribution in [0.3, 0.4) is 0 Å². The fourth-order valence-electron chi connectivity index (χ4n) is 1.08. The number of hydrogen-bond acceptors (Lipinski definition) is 3. The summed E-state index contributed by atoms with van der Waals surface area (Å²) < 4.78 is 0. The summed E-state index contributed by atoms with van der Waals surface area (Å²) in [6, 6.07) is 4.36. The molecule has 1 aromatic rings. The summed E-state index contributed by atoms with van der Waals surface area (Å²) in [5, 5.41) is 9.13. The average Bonchev–Trinajstić information content (AvgIpc) is 2.09. The number of nitrogen functional groups attached to an aromatic ring is 1. The lowest BCUT2D eigenvalue weighted by molar-refractivity contribution is -0.365. The summed E-state index contributed by atoms with van der Waals surface area (Å²) in [6.07, 6.45) is 0.355. The van der Waals surface area contributed by atoms with Gasteiger partial charge >= 0.3 is 0 Å². The third-order valence-electron chi connectivity index (χ3n) is 1.74. The number of carbonyl (C=O) groups is 1. The van der Waals surface area contributed by atoms with Crippen molar-refractivity contribution in [2.75, 3.05) is 12.3 Å². The maximum Gasteiger partial charge on any atom is 0.170 e. The van der Waals surface area contributed by atoms with Gasteiger partial charge in [-0.1, -0.05) is 0 Å². The summed E-state index contributed by atoms with van der Waals surface area (Å²) in [7, 11) is 0. The minimum absolute atomic E-state index is 0.0570. The van der Waals surface area contributed by atoms with Gasteiger partial charge in [-0.25, -0.2) is 0 Å². The van der Waals surface area contributed by atoms with Crippen LogP contribution in [0, 0.1) is 0 Å². The van der Waals surface area contributed by atoms with Gasteiger partial charge in [0.2, 0.25) is 0 Å². The zero-order valence-corrected chi connectivity index (χ0v) is 7.29. The Morgan fingerprint density at radius 1 is 1.54 bits per heavy atom. The minimum Gasteiger partial charge on any atom is -0.508 e. The van der Waals surface area contributed by atoms with E-state index in [4.69, 9.17) is 10.8 Å². The molecule has 70 valence electrons. The predicted molar refractivity (Wildman–Crippen MR) is 49.2 cm³/mol. The Balaban J connectivity index is 2.99. The summed E-state index contributed by atoms with van der Waals surface area (Å²) in [5.74, 6) is -0.0231. The van der Waals surface area contributed by atoms with Gasteiger partial charge in [-0.2, -0.15) is 0 Å². The molecule has 4 heteroatoms. The van der Waals surface area contributed by atoms with Crippen LogP contribution in [0.1, 0.15) is 16.8 Å². The second kappa shape index (κ2) is 3.91. The Morgan fingerprint density at radius 3 is 2.85 bits per heavy atom. The van der Waals surface area contributed by atoms with Crippen LogP contribution in [-0.4, -0.2) is 17.4 Å². The maximum absolute atomic E-state index is 11.4. The lowest BCUT2D eigenvalue weighted by atomic mass is 10.1. The van der Waals surface area contributed by atoms with E-state index in [0.29, 0.717) is 24.2 Å². The minimum atomic E-state index is -0.0802. The van der Waals surface area contributed by atoms with Crippen molar-refractivity contribution in [2.45, 2.75) is 6.42 Å². The maximum atomic E-state index is 11.4. The van der Waals surface area contributed by atoms with Crippen molar-refractivity contribution in [1.82, 2.24) is 0 Å². The lowest BCUT2D eigenvalue weighted by Crippen LogP contribution is -2.50. The first kappa shape index (κ1) is 9.54. The van der Waals surface area contributed by atoms with E-state index in [0.717, 1.165) is 0 Å². The third-order valence-corrected chi connectivity index (χ3v) is 1.74. The fourth-order valence-corrected chi connectivity index (χ4v) is 1.08. The van der Waals surface area contributed by atoms with Gasteiger partial charge in [-0.05, 0) is 18.2 Å². The molecule has 0 aliphatic carbocycles. The van der Waals surface area contributed by atoms with Crippen molar-refractivity contribution in [3.63, 3.8) is 0 Å². The van der Waals surface area contributed by atoms with E-state index >= 15 is 0 Å². The number of ketones is 1. The van der Waals surface area contributed by atoms with Crippen LogP contribution in [0.15, 0.2) is 18.2 Å². The normalized spacial score (nSPS) is 9.92. The Bertz CT molecular complexity index is 323.